The number of carbonyl (C=O) groups excluding carboxylic acids is 1. The molecule has 1 N–H and O–H groups in total. The van der Waals surface area contributed by atoms with Crippen molar-refractivity contribution in [2.45, 2.75) is 19.8 Å². The molecule has 0 saturated heterocycles. The summed E-state index contributed by atoms with van der Waals surface area (Å²) in [6.45, 7) is 3.33. The van der Waals surface area contributed by atoms with E-state index in [1.54, 1.807) is 6.92 Å². The Balaban J connectivity index is 1.86. The molecular weight excluding hydrogens is 222 g/mol. The molecule has 0 aromatic heterocycles. The molecule has 0 unspecified atom stereocenters. The Hall–Kier alpha value is -1.67. The highest BCUT2D eigenvalue weighted by molar-refractivity contribution is 5.83. The fourth-order valence-corrected chi connectivity index (χ4v) is 2.02. The third kappa shape index (κ3) is 3.67. The molecule has 2 aromatic rings. The predicted octanol–water partition coefficient (Wildman–Crippen LogP) is 2.95. The molecule has 0 bridgehead atoms. The van der Waals surface area contributed by atoms with Crippen molar-refractivity contribution in [3.05, 3.63) is 48.0 Å². The zero-order valence-electron chi connectivity index (χ0n) is 10.8. The van der Waals surface area contributed by atoms with Crippen LogP contribution >= 0.6 is 0 Å². The van der Waals surface area contributed by atoms with E-state index in [1.165, 1.54) is 16.3 Å². The number of hydrogen-bond donors (Lipinski definition) is 1. The van der Waals surface area contributed by atoms with Crippen molar-refractivity contribution in [2.24, 2.45) is 0 Å². The Morgan fingerprint density at radius 3 is 2.61 bits per heavy atom. The van der Waals surface area contributed by atoms with E-state index in [1.807, 2.05) is 0 Å². The first-order valence-electron chi connectivity index (χ1n) is 6.43. The van der Waals surface area contributed by atoms with Crippen LogP contribution in [0.5, 0.6) is 0 Å². The molecule has 94 valence electrons. The molecule has 18 heavy (non-hydrogen) atoms. The van der Waals surface area contributed by atoms with Gasteiger partial charge in [0.1, 0.15) is 5.78 Å². The van der Waals surface area contributed by atoms with Crippen molar-refractivity contribution in [3.8, 4) is 0 Å². The number of rotatable bonds is 6. The first-order chi connectivity index (χ1) is 8.75. The van der Waals surface area contributed by atoms with Gasteiger partial charge in [-0.05, 0) is 36.2 Å². The minimum atomic E-state index is 0.244. The summed E-state index contributed by atoms with van der Waals surface area (Å²) in [7, 11) is 0. The standard InChI is InChI=1S/C16H19NO/c1-13(18)8-10-17-11-9-14-6-7-15-4-2-3-5-16(15)12-14/h2-7,12,17H,8-11H2,1H3. The Kier molecular flexibility index (Phi) is 4.48. The van der Waals surface area contributed by atoms with Crippen LogP contribution in [-0.2, 0) is 11.2 Å². The smallest absolute Gasteiger partial charge is 0.131 e. The molecule has 0 aliphatic carbocycles. The Bertz CT molecular complexity index is 533. The monoisotopic (exact) mass is 241 g/mol. The van der Waals surface area contributed by atoms with E-state index in [2.05, 4.69) is 47.8 Å². The summed E-state index contributed by atoms with van der Waals surface area (Å²) >= 11 is 0. The van der Waals surface area contributed by atoms with Crippen molar-refractivity contribution in [1.82, 2.24) is 5.32 Å². The van der Waals surface area contributed by atoms with Gasteiger partial charge in [-0.1, -0.05) is 42.5 Å². The van der Waals surface area contributed by atoms with Crippen LogP contribution in [-0.4, -0.2) is 18.9 Å². The van der Waals surface area contributed by atoms with Crippen LogP contribution in [0.1, 0.15) is 18.9 Å². The van der Waals surface area contributed by atoms with Gasteiger partial charge < -0.3 is 5.32 Å². The molecule has 2 nitrogen and oxygen atoms in total. The van der Waals surface area contributed by atoms with E-state index < -0.39 is 0 Å². The van der Waals surface area contributed by atoms with Crippen molar-refractivity contribution >= 4 is 16.6 Å². The van der Waals surface area contributed by atoms with Crippen LogP contribution in [0.15, 0.2) is 42.5 Å². The number of Topliss-reactive ketones (excluding diaryl/α,β-unsaturated/α-hetero) is 1. The van der Waals surface area contributed by atoms with Crippen LogP contribution < -0.4 is 5.32 Å². The van der Waals surface area contributed by atoms with Crippen LogP contribution in [0.2, 0.25) is 0 Å². The molecule has 0 spiro atoms. The van der Waals surface area contributed by atoms with Gasteiger partial charge in [-0.3, -0.25) is 4.79 Å². The zero-order valence-corrected chi connectivity index (χ0v) is 10.8. The van der Waals surface area contributed by atoms with E-state index in [9.17, 15) is 4.79 Å². The highest BCUT2D eigenvalue weighted by atomic mass is 16.1. The summed E-state index contributed by atoms with van der Waals surface area (Å²) < 4.78 is 0. The Morgan fingerprint density at radius 2 is 1.83 bits per heavy atom. The second-order valence-electron chi connectivity index (χ2n) is 4.63. The van der Waals surface area contributed by atoms with Crippen molar-refractivity contribution in [2.75, 3.05) is 13.1 Å². The van der Waals surface area contributed by atoms with Crippen molar-refractivity contribution < 1.29 is 4.79 Å². The molecule has 0 aliphatic heterocycles. The predicted molar refractivity (Wildman–Crippen MR) is 75.8 cm³/mol. The van der Waals surface area contributed by atoms with E-state index in [4.69, 9.17) is 0 Å². The maximum absolute atomic E-state index is 10.8. The summed E-state index contributed by atoms with van der Waals surface area (Å²) in [6, 6.07) is 15.0. The minimum absolute atomic E-state index is 0.244. The van der Waals surface area contributed by atoms with Gasteiger partial charge in [0, 0.05) is 13.0 Å². The molecule has 0 heterocycles. The van der Waals surface area contributed by atoms with Gasteiger partial charge >= 0.3 is 0 Å². The summed E-state index contributed by atoms with van der Waals surface area (Å²) in [4.78, 5) is 10.8. The number of ketones is 1. The summed E-state index contributed by atoms with van der Waals surface area (Å²) in [5.41, 5.74) is 1.34. The van der Waals surface area contributed by atoms with Gasteiger partial charge in [0.2, 0.25) is 0 Å². The van der Waals surface area contributed by atoms with Gasteiger partial charge in [-0.2, -0.15) is 0 Å². The van der Waals surface area contributed by atoms with Gasteiger partial charge in [-0.25, -0.2) is 0 Å². The highest BCUT2D eigenvalue weighted by Gasteiger charge is 1.97. The van der Waals surface area contributed by atoms with Crippen molar-refractivity contribution in [1.29, 1.82) is 0 Å². The second kappa shape index (κ2) is 6.31. The van der Waals surface area contributed by atoms with Gasteiger partial charge in [0.15, 0.2) is 0 Å². The fourth-order valence-electron chi connectivity index (χ4n) is 2.02. The van der Waals surface area contributed by atoms with E-state index in [0.29, 0.717) is 6.42 Å². The third-order valence-corrected chi connectivity index (χ3v) is 3.06. The molecular formula is C16H19NO. The van der Waals surface area contributed by atoms with Gasteiger partial charge in [-0.15, -0.1) is 0 Å². The SMILES string of the molecule is CC(=O)CCNCCc1ccc2ccccc2c1. The average molecular weight is 241 g/mol. The van der Waals surface area contributed by atoms with Crippen molar-refractivity contribution in [3.63, 3.8) is 0 Å². The summed E-state index contributed by atoms with van der Waals surface area (Å²) in [5.74, 6) is 0.244. The van der Waals surface area contributed by atoms with Crippen LogP contribution in [0.4, 0.5) is 0 Å². The number of fused-ring (bicyclic) bond motifs is 1. The molecule has 0 saturated carbocycles. The van der Waals surface area contributed by atoms with E-state index in [-0.39, 0.29) is 5.78 Å². The number of hydrogen-bond acceptors (Lipinski definition) is 2. The number of carbonyl (C=O) groups is 1. The van der Waals surface area contributed by atoms with Crippen LogP contribution in [0.3, 0.4) is 0 Å². The third-order valence-electron chi connectivity index (χ3n) is 3.06. The molecule has 2 aromatic carbocycles. The van der Waals surface area contributed by atoms with E-state index in [0.717, 1.165) is 19.5 Å². The maximum atomic E-state index is 10.8. The quantitative estimate of drug-likeness (QED) is 0.788. The fraction of sp³-hybridized carbons (Fsp3) is 0.312. The molecule has 0 aliphatic rings. The van der Waals surface area contributed by atoms with Crippen LogP contribution in [0, 0.1) is 0 Å². The summed E-state index contributed by atoms with van der Waals surface area (Å²) in [6.07, 6.45) is 1.63. The molecule has 2 rings (SSSR count). The topological polar surface area (TPSA) is 29.1 Å². The normalized spacial score (nSPS) is 10.7. The minimum Gasteiger partial charge on any atom is -0.316 e. The largest absolute Gasteiger partial charge is 0.316 e. The first-order valence-corrected chi connectivity index (χ1v) is 6.43. The lowest BCUT2D eigenvalue weighted by Gasteiger charge is -2.05. The highest BCUT2D eigenvalue weighted by Crippen LogP contribution is 2.15. The Labute approximate surface area is 108 Å². The molecule has 0 amide bonds. The summed E-state index contributed by atoms with van der Waals surface area (Å²) in [5, 5.41) is 5.87. The number of benzene rings is 2. The number of nitrogens with one attached hydrogen (secondary N) is 1. The second-order valence-corrected chi connectivity index (χ2v) is 4.63. The lowest BCUT2D eigenvalue weighted by atomic mass is 10.1. The van der Waals surface area contributed by atoms with Crippen LogP contribution in [0.25, 0.3) is 10.8 Å². The van der Waals surface area contributed by atoms with Gasteiger partial charge in [0.05, 0.1) is 0 Å². The molecule has 0 radical (unpaired) electrons. The zero-order chi connectivity index (χ0) is 12.8. The van der Waals surface area contributed by atoms with Gasteiger partial charge in [0.25, 0.3) is 0 Å². The lowest BCUT2D eigenvalue weighted by Crippen LogP contribution is -2.20. The Morgan fingerprint density at radius 1 is 1.06 bits per heavy atom. The molecule has 0 atom stereocenters. The average Bonchev–Trinajstić information content (AvgIpc) is 2.38. The lowest BCUT2D eigenvalue weighted by molar-refractivity contribution is -0.116. The first kappa shape index (κ1) is 12.8. The molecule has 0 fully saturated rings. The maximum Gasteiger partial charge on any atom is 0.131 e. The van der Waals surface area contributed by atoms with E-state index >= 15 is 0 Å². The molecule has 2 heteroatoms.